The normalized spacial score (nSPS) is 10.5. The molecule has 4 heteroatoms. The summed E-state index contributed by atoms with van der Waals surface area (Å²) in [6.45, 7) is 3.58. The zero-order valence-electron chi connectivity index (χ0n) is 10.9. The SMILES string of the molecule is CC(C)C(=O)Nc1cc(F)cc(-c2cccnc2)c1. The van der Waals surface area contributed by atoms with Gasteiger partial charge in [0.2, 0.25) is 5.91 Å². The average molecular weight is 258 g/mol. The van der Waals surface area contributed by atoms with E-state index < -0.39 is 0 Å². The van der Waals surface area contributed by atoms with Crippen molar-refractivity contribution in [1.29, 1.82) is 0 Å². The van der Waals surface area contributed by atoms with Crippen molar-refractivity contribution in [2.24, 2.45) is 5.92 Å². The van der Waals surface area contributed by atoms with Crippen molar-refractivity contribution in [2.75, 3.05) is 5.32 Å². The minimum Gasteiger partial charge on any atom is -0.326 e. The molecular weight excluding hydrogens is 243 g/mol. The summed E-state index contributed by atoms with van der Waals surface area (Å²) >= 11 is 0. The van der Waals surface area contributed by atoms with Crippen LogP contribution in [0.15, 0.2) is 42.7 Å². The van der Waals surface area contributed by atoms with Gasteiger partial charge >= 0.3 is 0 Å². The molecule has 1 aromatic heterocycles. The lowest BCUT2D eigenvalue weighted by atomic mass is 10.1. The van der Waals surface area contributed by atoms with Crippen molar-refractivity contribution >= 4 is 11.6 Å². The Hall–Kier alpha value is -2.23. The number of hydrogen-bond donors (Lipinski definition) is 1. The van der Waals surface area contributed by atoms with Crippen LogP contribution in [0.1, 0.15) is 13.8 Å². The second-order valence-corrected chi connectivity index (χ2v) is 4.61. The topological polar surface area (TPSA) is 42.0 Å². The summed E-state index contributed by atoms with van der Waals surface area (Å²) in [4.78, 5) is 15.6. The Bertz CT molecular complexity index is 582. The number of nitrogens with one attached hydrogen (secondary N) is 1. The van der Waals surface area contributed by atoms with Crippen molar-refractivity contribution < 1.29 is 9.18 Å². The average Bonchev–Trinajstić information content (AvgIpc) is 2.39. The predicted octanol–water partition coefficient (Wildman–Crippen LogP) is 3.48. The highest BCUT2D eigenvalue weighted by molar-refractivity contribution is 5.92. The number of anilines is 1. The van der Waals surface area contributed by atoms with Crippen molar-refractivity contribution in [3.63, 3.8) is 0 Å². The summed E-state index contributed by atoms with van der Waals surface area (Å²) in [5, 5.41) is 2.69. The van der Waals surface area contributed by atoms with E-state index in [-0.39, 0.29) is 17.6 Å². The van der Waals surface area contributed by atoms with Gasteiger partial charge in [-0.05, 0) is 29.8 Å². The highest BCUT2D eigenvalue weighted by atomic mass is 19.1. The first kappa shape index (κ1) is 13.2. The number of carbonyl (C=O) groups excluding carboxylic acids is 1. The first-order chi connectivity index (χ1) is 9.06. The van der Waals surface area contributed by atoms with Crippen molar-refractivity contribution in [3.8, 4) is 11.1 Å². The van der Waals surface area contributed by atoms with Gasteiger partial charge in [-0.2, -0.15) is 0 Å². The fourth-order valence-electron chi connectivity index (χ4n) is 1.65. The third-order valence-corrected chi connectivity index (χ3v) is 2.68. The summed E-state index contributed by atoms with van der Waals surface area (Å²) in [5.41, 5.74) is 1.95. The van der Waals surface area contributed by atoms with Gasteiger partial charge in [-0.3, -0.25) is 9.78 Å². The van der Waals surface area contributed by atoms with E-state index in [1.54, 1.807) is 38.4 Å². The van der Waals surface area contributed by atoms with Crippen LogP contribution in [0.5, 0.6) is 0 Å². The maximum absolute atomic E-state index is 13.6. The van der Waals surface area contributed by atoms with Gasteiger partial charge in [0.05, 0.1) is 0 Å². The van der Waals surface area contributed by atoms with Crippen LogP contribution in [0, 0.1) is 11.7 Å². The van der Waals surface area contributed by atoms with E-state index in [1.165, 1.54) is 12.1 Å². The molecule has 0 saturated heterocycles. The molecule has 0 aliphatic rings. The zero-order valence-corrected chi connectivity index (χ0v) is 10.9. The smallest absolute Gasteiger partial charge is 0.226 e. The van der Waals surface area contributed by atoms with Crippen LogP contribution in [0.2, 0.25) is 0 Å². The Morgan fingerprint density at radius 2 is 2.05 bits per heavy atom. The molecule has 1 heterocycles. The van der Waals surface area contributed by atoms with Crippen molar-refractivity contribution in [3.05, 3.63) is 48.5 Å². The number of halogens is 1. The number of carbonyl (C=O) groups is 1. The highest BCUT2D eigenvalue weighted by Crippen LogP contribution is 2.23. The van der Waals surface area contributed by atoms with Crippen LogP contribution in [0.3, 0.4) is 0 Å². The fourth-order valence-corrected chi connectivity index (χ4v) is 1.65. The van der Waals surface area contributed by atoms with E-state index in [0.29, 0.717) is 11.3 Å². The number of hydrogen-bond acceptors (Lipinski definition) is 2. The van der Waals surface area contributed by atoms with Gasteiger partial charge in [0.25, 0.3) is 0 Å². The van der Waals surface area contributed by atoms with Crippen molar-refractivity contribution in [1.82, 2.24) is 4.98 Å². The Morgan fingerprint density at radius 3 is 2.68 bits per heavy atom. The molecule has 0 bridgehead atoms. The van der Waals surface area contributed by atoms with Gasteiger partial charge in [-0.15, -0.1) is 0 Å². The lowest BCUT2D eigenvalue weighted by Crippen LogP contribution is -2.17. The summed E-state index contributed by atoms with van der Waals surface area (Å²) in [5.74, 6) is -0.673. The first-order valence-corrected chi connectivity index (χ1v) is 6.08. The molecule has 0 saturated carbocycles. The molecule has 1 amide bonds. The van der Waals surface area contributed by atoms with E-state index in [1.807, 2.05) is 6.07 Å². The Morgan fingerprint density at radius 1 is 1.26 bits per heavy atom. The van der Waals surface area contributed by atoms with Crippen LogP contribution in [0.4, 0.5) is 10.1 Å². The van der Waals surface area contributed by atoms with Crippen LogP contribution in [0.25, 0.3) is 11.1 Å². The lowest BCUT2D eigenvalue weighted by molar-refractivity contribution is -0.118. The van der Waals surface area contributed by atoms with Crippen LogP contribution >= 0.6 is 0 Å². The monoisotopic (exact) mass is 258 g/mol. The minimum atomic E-state index is -0.389. The molecule has 0 spiro atoms. The molecule has 0 atom stereocenters. The van der Waals surface area contributed by atoms with E-state index in [4.69, 9.17) is 0 Å². The maximum atomic E-state index is 13.6. The Labute approximate surface area is 111 Å². The molecule has 19 heavy (non-hydrogen) atoms. The summed E-state index contributed by atoms with van der Waals surface area (Å²) in [7, 11) is 0. The fraction of sp³-hybridized carbons (Fsp3) is 0.200. The van der Waals surface area contributed by atoms with Gasteiger partial charge in [0, 0.05) is 29.6 Å². The molecule has 0 radical (unpaired) electrons. The van der Waals surface area contributed by atoms with Crippen LogP contribution in [-0.2, 0) is 4.79 Å². The standard InChI is InChI=1S/C15H15FN2O/c1-10(2)15(19)18-14-7-12(6-13(16)8-14)11-4-3-5-17-9-11/h3-10H,1-2H3,(H,18,19). The molecular formula is C15H15FN2O. The summed E-state index contributed by atoms with van der Waals surface area (Å²) in [6, 6.07) is 8.09. The second-order valence-electron chi connectivity index (χ2n) is 4.61. The third kappa shape index (κ3) is 3.37. The summed E-state index contributed by atoms with van der Waals surface area (Å²) in [6.07, 6.45) is 3.31. The predicted molar refractivity (Wildman–Crippen MR) is 73.1 cm³/mol. The third-order valence-electron chi connectivity index (χ3n) is 2.68. The first-order valence-electron chi connectivity index (χ1n) is 6.08. The maximum Gasteiger partial charge on any atom is 0.226 e. The van der Waals surface area contributed by atoms with Gasteiger partial charge in [-0.1, -0.05) is 19.9 Å². The quantitative estimate of drug-likeness (QED) is 0.915. The molecule has 0 fully saturated rings. The van der Waals surface area contributed by atoms with E-state index >= 15 is 0 Å². The summed E-state index contributed by atoms with van der Waals surface area (Å²) < 4.78 is 13.6. The number of nitrogens with zero attached hydrogens (tertiary/aromatic N) is 1. The van der Waals surface area contributed by atoms with E-state index in [9.17, 15) is 9.18 Å². The Kier molecular flexibility index (Phi) is 3.90. The minimum absolute atomic E-state index is 0.136. The molecule has 0 aliphatic heterocycles. The van der Waals surface area contributed by atoms with Gasteiger partial charge in [0.1, 0.15) is 5.82 Å². The zero-order chi connectivity index (χ0) is 13.8. The number of pyridine rings is 1. The van der Waals surface area contributed by atoms with E-state index in [2.05, 4.69) is 10.3 Å². The van der Waals surface area contributed by atoms with Gasteiger partial charge in [0.15, 0.2) is 0 Å². The number of amides is 1. The van der Waals surface area contributed by atoms with Crippen LogP contribution < -0.4 is 5.32 Å². The molecule has 0 aliphatic carbocycles. The molecule has 0 unspecified atom stereocenters. The lowest BCUT2D eigenvalue weighted by Gasteiger charge is -2.10. The van der Waals surface area contributed by atoms with E-state index in [0.717, 1.165) is 5.56 Å². The molecule has 2 rings (SSSR count). The van der Waals surface area contributed by atoms with Gasteiger partial charge in [-0.25, -0.2) is 4.39 Å². The molecule has 3 nitrogen and oxygen atoms in total. The van der Waals surface area contributed by atoms with Gasteiger partial charge < -0.3 is 5.32 Å². The van der Waals surface area contributed by atoms with Crippen molar-refractivity contribution in [2.45, 2.75) is 13.8 Å². The molecule has 1 aromatic carbocycles. The number of benzene rings is 1. The number of rotatable bonds is 3. The molecule has 98 valence electrons. The highest BCUT2D eigenvalue weighted by Gasteiger charge is 2.09. The Balaban J connectivity index is 2.33. The van der Waals surface area contributed by atoms with Crippen LogP contribution in [-0.4, -0.2) is 10.9 Å². The molecule has 2 aromatic rings. The second kappa shape index (κ2) is 5.61. The number of aromatic nitrogens is 1. The molecule has 1 N–H and O–H groups in total. The largest absolute Gasteiger partial charge is 0.326 e.